The summed E-state index contributed by atoms with van der Waals surface area (Å²) in [6.07, 6.45) is 0.766. The van der Waals surface area contributed by atoms with Gasteiger partial charge in [0, 0.05) is 7.05 Å². The maximum atomic E-state index is 5.92. The molecule has 0 saturated heterocycles. The van der Waals surface area contributed by atoms with Gasteiger partial charge < -0.3 is 10.5 Å². The first kappa shape index (κ1) is 13.8. The van der Waals surface area contributed by atoms with Crippen LogP contribution in [0.25, 0.3) is 11.4 Å². The molecular weight excluding hydrogens is 310 g/mol. The molecule has 2 heterocycles. The molecule has 0 aliphatic carbocycles. The van der Waals surface area contributed by atoms with Crippen LogP contribution < -0.4 is 10.5 Å². The molecule has 0 atom stereocenters. The minimum absolute atomic E-state index is 0.423. The maximum absolute atomic E-state index is 5.92. The van der Waals surface area contributed by atoms with E-state index in [1.165, 1.54) is 0 Å². The van der Waals surface area contributed by atoms with Gasteiger partial charge in [-0.3, -0.25) is 0 Å². The number of nitrogens with zero attached hydrogens (tertiary/aromatic N) is 4. The highest BCUT2D eigenvalue weighted by molar-refractivity contribution is 9.10. The molecule has 0 radical (unpaired) electrons. The molecule has 0 unspecified atom stereocenters. The molecule has 6 nitrogen and oxygen atoms in total. The number of methoxy groups -OCH3 is 1. The summed E-state index contributed by atoms with van der Waals surface area (Å²) in [6, 6.07) is 0. The lowest BCUT2D eigenvalue weighted by Crippen LogP contribution is -2.03. The van der Waals surface area contributed by atoms with Crippen molar-refractivity contribution >= 4 is 21.7 Å². The number of aryl methyl sites for hydroxylation is 3. The normalized spacial score (nSPS) is 10.8. The number of nitrogens with two attached hydrogens (primary N) is 1. The Balaban J connectivity index is 2.69. The zero-order valence-corrected chi connectivity index (χ0v) is 12.9. The smallest absolute Gasteiger partial charge is 0.222 e. The Morgan fingerprint density at radius 2 is 2.05 bits per heavy atom. The van der Waals surface area contributed by atoms with Gasteiger partial charge in [-0.15, -0.1) is 0 Å². The fraction of sp³-hybridized carbons (Fsp3) is 0.417. The molecule has 0 aliphatic heterocycles. The van der Waals surface area contributed by atoms with E-state index in [-0.39, 0.29) is 0 Å². The number of aromatic nitrogens is 4. The Morgan fingerprint density at radius 1 is 1.37 bits per heavy atom. The second-order valence-electron chi connectivity index (χ2n) is 4.14. The van der Waals surface area contributed by atoms with Crippen molar-refractivity contribution in [3.05, 3.63) is 15.9 Å². The zero-order valence-electron chi connectivity index (χ0n) is 11.4. The van der Waals surface area contributed by atoms with Gasteiger partial charge >= 0.3 is 0 Å². The van der Waals surface area contributed by atoms with Crippen LogP contribution in [0.3, 0.4) is 0 Å². The first-order chi connectivity index (χ1) is 8.99. The standard InChI is InChI=1S/C12H16BrN5O/c1-5-7-9(13)10(14)16-11(15-7)8-6(2)17-18(3)12(8)19-4/h5H2,1-4H3,(H2,14,15,16). The first-order valence-electron chi connectivity index (χ1n) is 5.89. The lowest BCUT2D eigenvalue weighted by molar-refractivity contribution is 0.374. The van der Waals surface area contributed by atoms with Crippen LogP contribution in [0.15, 0.2) is 4.47 Å². The molecule has 0 saturated carbocycles. The summed E-state index contributed by atoms with van der Waals surface area (Å²) in [5, 5.41) is 4.32. The van der Waals surface area contributed by atoms with Crippen LogP contribution in [-0.4, -0.2) is 26.9 Å². The van der Waals surface area contributed by atoms with Crippen molar-refractivity contribution in [1.82, 2.24) is 19.7 Å². The van der Waals surface area contributed by atoms with E-state index < -0.39 is 0 Å². The molecule has 0 aliphatic rings. The number of halogens is 1. The minimum atomic E-state index is 0.423. The van der Waals surface area contributed by atoms with Crippen molar-refractivity contribution in [2.45, 2.75) is 20.3 Å². The predicted octanol–water partition coefficient (Wildman–Crippen LogP) is 2.10. The van der Waals surface area contributed by atoms with Gasteiger partial charge in [0.05, 0.1) is 23.0 Å². The summed E-state index contributed by atoms with van der Waals surface area (Å²) in [5.41, 5.74) is 8.37. The summed E-state index contributed by atoms with van der Waals surface area (Å²) in [4.78, 5) is 8.85. The van der Waals surface area contributed by atoms with Crippen molar-refractivity contribution in [3.63, 3.8) is 0 Å². The van der Waals surface area contributed by atoms with E-state index in [0.29, 0.717) is 17.5 Å². The molecule has 2 rings (SSSR count). The van der Waals surface area contributed by atoms with Gasteiger partial charge in [0.25, 0.3) is 0 Å². The topological polar surface area (TPSA) is 78.8 Å². The van der Waals surface area contributed by atoms with Gasteiger partial charge in [-0.05, 0) is 29.3 Å². The number of rotatable bonds is 3. The lowest BCUT2D eigenvalue weighted by atomic mass is 10.2. The van der Waals surface area contributed by atoms with Crippen LogP contribution in [0.5, 0.6) is 5.88 Å². The fourth-order valence-electron chi connectivity index (χ4n) is 1.99. The second-order valence-corrected chi connectivity index (χ2v) is 4.93. The Bertz CT molecular complexity index is 623. The minimum Gasteiger partial charge on any atom is -0.481 e. The number of nitrogen functional groups attached to an aromatic ring is 1. The van der Waals surface area contributed by atoms with E-state index >= 15 is 0 Å². The van der Waals surface area contributed by atoms with Gasteiger partial charge in [-0.25, -0.2) is 14.6 Å². The number of anilines is 1. The quantitative estimate of drug-likeness (QED) is 0.934. The van der Waals surface area contributed by atoms with Crippen LogP contribution in [-0.2, 0) is 13.5 Å². The number of hydrogen-bond donors (Lipinski definition) is 1. The highest BCUT2D eigenvalue weighted by atomic mass is 79.9. The molecule has 0 spiro atoms. The molecule has 2 N–H and O–H groups in total. The largest absolute Gasteiger partial charge is 0.481 e. The molecule has 0 bridgehead atoms. The molecule has 102 valence electrons. The fourth-order valence-corrected chi connectivity index (χ4v) is 2.45. The summed E-state index contributed by atoms with van der Waals surface area (Å²) < 4.78 is 7.78. The van der Waals surface area contributed by atoms with E-state index in [2.05, 4.69) is 31.0 Å². The van der Waals surface area contributed by atoms with Crippen molar-refractivity contribution in [3.8, 4) is 17.3 Å². The van der Waals surface area contributed by atoms with Gasteiger partial charge in [0.1, 0.15) is 11.4 Å². The predicted molar refractivity (Wildman–Crippen MR) is 77.0 cm³/mol. The van der Waals surface area contributed by atoms with Gasteiger partial charge in [0.15, 0.2) is 5.82 Å². The highest BCUT2D eigenvalue weighted by Gasteiger charge is 2.20. The molecule has 2 aromatic heterocycles. The van der Waals surface area contributed by atoms with Crippen molar-refractivity contribution < 1.29 is 4.74 Å². The summed E-state index contributed by atoms with van der Waals surface area (Å²) in [6.45, 7) is 3.91. The molecule has 2 aromatic rings. The van der Waals surface area contributed by atoms with Crippen molar-refractivity contribution in [2.75, 3.05) is 12.8 Å². The third kappa shape index (κ3) is 2.30. The van der Waals surface area contributed by atoms with Crippen LogP contribution in [0.2, 0.25) is 0 Å². The Kier molecular flexibility index (Phi) is 3.75. The van der Waals surface area contributed by atoms with Gasteiger partial charge in [-0.2, -0.15) is 5.10 Å². The SMILES string of the molecule is CCc1nc(-c2c(C)nn(C)c2OC)nc(N)c1Br. The Labute approximate surface area is 120 Å². The molecule has 0 fully saturated rings. The summed E-state index contributed by atoms with van der Waals surface area (Å²) in [7, 11) is 3.42. The maximum Gasteiger partial charge on any atom is 0.222 e. The van der Waals surface area contributed by atoms with E-state index in [1.807, 2.05) is 20.9 Å². The molecule has 0 aromatic carbocycles. The van der Waals surface area contributed by atoms with Crippen LogP contribution in [0.1, 0.15) is 18.3 Å². The number of hydrogen-bond acceptors (Lipinski definition) is 5. The number of ether oxygens (including phenoxy) is 1. The average Bonchev–Trinajstić information content (AvgIpc) is 2.66. The first-order valence-corrected chi connectivity index (χ1v) is 6.68. The molecular formula is C12H16BrN5O. The third-order valence-corrected chi connectivity index (χ3v) is 3.73. The van der Waals surface area contributed by atoms with Crippen LogP contribution >= 0.6 is 15.9 Å². The molecule has 0 amide bonds. The van der Waals surface area contributed by atoms with E-state index in [9.17, 15) is 0 Å². The van der Waals surface area contributed by atoms with Gasteiger partial charge in [0.2, 0.25) is 5.88 Å². The Hall–Kier alpha value is -1.63. The molecule has 19 heavy (non-hydrogen) atoms. The summed E-state index contributed by atoms with van der Waals surface area (Å²) in [5.74, 6) is 1.59. The lowest BCUT2D eigenvalue weighted by Gasteiger charge is -2.08. The van der Waals surface area contributed by atoms with E-state index in [0.717, 1.165) is 27.8 Å². The van der Waals surface area contributed by atoms with Crippen LogP contribution in [0, 0.1) is 6.92 Å². The van der Waals surface area contributed by atoms with Crippen molar-refractivity contribution in [2.24, 2.45) is 7.05 Å². The highest BCUT2D eigenvalue weighted by Crippen LogP contribution is 2.32. The summed E-state index contributed by atoms with van der Waals surface area (Å²) >= 11 is 3.40. The second kappa shape index (κ2) is 5.16. The Morgan fingerprint density at radius 3 is 2.63 bits per heavy atom. The van der Waals surface area contributed by atoms with Gasteiger partial charge in [-0.1, -0.05) is 6.92 Å². The zero-order chi connectivity index (χ0) is 14.2. The molecule has 7 heteroatoms. The average molecular weight is 326 g/mol. The monoisotopic (exact) mass is 325 g/mol. The van der Waals surface area contributed by atoms with Crippen LogP contribution in [0.4, 0.5) is 5.82 Å². The third-order valence-electron chi connectivity index (χ3n) is 2.87. The van der Waals surface area contributed by atoms with Crippen molar-refractivity contribution in [1.29, 1.82) is 0 Å². The van der Waals surface area contributed by atoms with E-state index in [4.69, 9.17) is 10.5 Å². The van der Waals surface area contributed by atoms with E-state index in [1.54, 1.807) is 11.8 Å².